The Labute approximate surface area is 150 Å². The van der Waals surface area contributed by atoms with Crippen LogP contribution in [-0.4, -0.2) is 15.0 Å². The van der Waals surface area contributed by atoms with Gasteiger partial charge >= 0.3 is 0 Å². The molecule has 4 nitrogen and oxygen atoms in total. The number of para-hydroxylation sites is 1. The van der Waals surface area contributed by atoms with Gasteiger partial charge in [-0.2, -0.15) is 11.3 Å². The lowest BCUT2D eigenvalue weighted by atomic mass is 10.2. The smallest absolute Gasteiger partial charge is 0.259 e. The van der Waals surface area contributed by atoms with Crippen LogP contribution in [0.5, 0.6) is 0 Å². The third-order valence-corrected chi connectivity index (χ3v) is 5.28. The standard InChI is InChI=1S/C17H10ClN3OS2/c18-13(7-11-9-24-17(19-11)10-5-6-23-8-10)15-20-14-4-2-1-3-12(14)16(22)21-15/h1-9H,(H,20,21,22). The second-order valence-corrected chi connectivity index (χ2v) is 7.06. The normalized spacial score (nSPS) is 12.0. The van der Waals surface area contributed by atoms with E-state index in [-0.39, 0.29) is 5.56 Å². The molecule has 0 aliphatic carbocycles. The van der Waals surface area contributed by atoms with Gasteiger partial charge in [-0.1, -0.05) is 23.7 Å². The molecule has 1 aromatic carbocycles. The van der Waals surface area contributed by atoms with E-state index in [9.17, 15) is 4.79 Å². The van der Waals surface area contributed by atoms with Crippen molar-refractivity contribution in [2.24, 2.45) is 0 Å². The van der Waals surface area contributed by atoms with Gasteiger partial charge in [0.05, 0.1) is 21.6 Å². The van der Waals surface area contributed by atoms with E-state index in [2.05, 4.69) is 20.3 Å². The third-order valence-electron chi connectivity index (χ3n) is 3.40. The lowest BCUT2D eigenvalue weighted by Gasteiger charge is -2.01. The molecule has 4 aromatic rings. The summed E-state index contributed by atoms with van der Waals surface area (Å²) in [6, 6.07) is 9.19. The quantitative estimate of drug-likeness (QED) is 0.560. The molecule has 118 valence electrons. The number of hydrogen-bond acceptors (Lipinski definition) is 5. The number of H-pyrrole nitrogens is 1. The Morgan fingerprint density at radius 1 is 1.17 bits per heavy atom. The minimum absolute atomic E-state index is 0.209. The van der Waals surface area contributed by atoms with Crippen molar-refractivity contribution in [1.82, 2.24) is 15.0 Å². The van der Waals surface area contributed by atoms with Crippen LogP contribution >= 0.6 is 34.3 Å². The fraction of sp³-hybridized carbons (Fsp3) is 0. The van der Waals surface area contributed by atoms with Gasteiger partial charge in [-0.25, -0.2) is 9.97 Å². The maximum Gasteiger partial charge on any atom is 0.259 e. The number of thiophene rings is 1. The molecule has 0 bridgehead atoms. The van der Waals surface area contributed by atoms with Gasteiger partial charge < -0.3 is 4.98 Å². The first-order valence-corrected chi connectivity index (χ1v) is 9.25. The minimum atomic E-state index is -0.209. The molecule has 0 spiro atoms. The highest BCUT2D eigenvalue weighted by Gasteiger charge is 2.08. The maximum absolute atomic E-state index is 12.1. The highest BCUT2D eigenvalue weighted by Crippen LogP contribution is 2.28. The second-order valence-electron chi connectivity index (χ2n) is 5.01. The van der Waals surface area contributed by atoms with E-state index < -0.39 is 0 Å². The maximum atomic E-state index is 12.1. The molecule has 0 saturated carbocycles. The average Bonchev–Trinajstić information content (AvgIpc) is 3.26. The van der Waals surface area contributed by atoms with Crippen molar-refractivity contribution in [3.63, 3.8) is 0 Å². The van der Waals surface area contributed by atoms with Crippen LogP contribution in [0.2, 0.25) is 0 Å². The van der Waals surface area contributed by atoms with E-state index in [1.807, 2.05) is 22.9 Å². The topological polar surface area (TPSA) is 58.6 Å². The number of nitrogens with one attached hydrogen (secondary N) is 1. The molecule has 0 fully saturated rings. The summed E-state index contributed by atoms with van der Waals surface area (Å²) < 4.78 is 0. The van der Waals surface area contributed by atoms with Crippen molar-refractivity contribution in [2.75, 3.05) is 0 Å². The third kappa shape index (κ3) is 2.91. The van der Waals surface area contributed by atoms with Gasteiger partial charge in [-0.05, 0) is 29.7 Å². The van der Waals surface area contributed by atoms with Crippen molar-refractivity contribution in [2.45, 2.75) is 0 Å². The number of aromatic amines is 1. The van der Waals surface area contributed by atoms with Crippen LogP contribution in [-0.2, 0) is 0 Å². The van der Waals surface area contributed by atoms with Crippen LogP contribution in [0.25, 0.3) is 32.6 Å². The summed E-state index contributed by atoms with van der Waals surface area (Å²) >= 11 is 9.53. The highest BCUT2D eigenvalue weighted by molar-refractivity contribution is 7.14. The van der Waals surface area contributed by atoms with Crippen LogP contribution in [0.1, 0.15) is 11.5 Å². The van der Waals surface area contributed by atoms with Crippen molar-refractivity contribution in [1.29, 1.82) is 0 Å². The van der Waals surface area contributed by atoms with Crippen LogP contribution in [0.4, 0.5) is 0 Å². The Kier molecular flexibility index (Phi) is 4.02. The summed E-state index contributed by atoms with van der Waals surface area (Å²) in [4.78, 5) is 23.8. The van der Waals surface area contributed by atoms with Crippen LogP contribution < -0.4 is 5.56 Å². The zero-order valence-electron chi connectivity index (χ0n) is 12.2. The van der Waals surface area contributed by atoms with Crippen molar-refractivity contribution in [3.8, 4) is 10.6 Å². The first-order valence-electron chi connectivity index (χ1n) is 7.05. The predicted octanol–water partition coefficient (Wildman–Crippen LogP) is 4.85. The van der Waals surface area contributed by atoms with E-state index in [0.29, 0.717) is 21.8 Å². The second kappa shape index (κ2) is 6.32. The van der Waals surface area contributed by atoms with Gasteiger partial charge in [0.1, 0.15) is 5.01 Å². The SMILES string of the molecule is O=c1[nH]c(C(Cl)=Cc2csc(-c3ccsc3)n2)nc2ccccc12. The monoisotopic (exact) mass is 371 g/mol. The van der Waals surface area contributed by atoms with Crippen molar-refractivity contribution in [3.05, 3.63) is 68.3 Å². The Morgan fingerprint density at radius 2 is 2.04 bits per heavy atom. The van der Waals surface area contributed by atoms with E-state index in [1.54, 1.807) is 46.9 Å². The number of benzene rings is 1. The van der Waals surface area contributed by atoms with Gasteiger partial charge in [-0.15, -0.1) is 11.3 Å². The Hall–Kier alpha value is -2.28. The largest absolute Gasteiger partial charge is 0.305 e. The number of nitrogens with zero attached hydrogens (tertiary/aromatic N) is 2. The van der Waals surface area contributed by atoms with E-state index >= 15 is 0 Å². The summed E-state index contributed by atoms with van der Waals surface area (Å²) in [5, 5.41) is 7.82. The van der Waals surface area contributed by atoms with Gasteiger partial charge in [0.25, 0.3) is 5.56 Å². The average molecular weight is 372 g/mol. The van der Waals surface area contributed by atoms with Crippen molar-refractivity contribution < 1.29 is 0 Å². The van der Waals surface area contributed by atoms with E-state index in [0.717, 1.165) is 16.3 Å². The number of aromatic nitrogens is 3. The summed E-state index contributed by atoms with van der Waals surface area (Å²) in [6.07, 6.45) is 1.71. The minimum Gasteiger partial charge on any atom is -0.305 e. The molecule has 4 rings (SSSR count). The van der Waals surface area contributed by atoms with Crippen LogP contribution in [0.3, 0.4) is 0 Å². The van der Waals surface area contributed by atoms with Gasteiger partial charge in [0.15, 0.2) is 5.82 Å². The molecule has 1 N–H and O–H groups in total. The lowest BCUT2D eigenvalue weighted by Crippen LogP contribution is -2.10. The van der Waals surface area contributed by atoms with Crippen molar-refractivity contribution >= 4 is 56.3 Å². The molecule has 0 aliphatic rings. The van der Waals surface area contributed by atoms with Crippen LogP contribution in [0.15, 0.2) is 51.3 Å². The van der Waals surface area contributed by atoms with Gasteiger partial charge in [-0.3, -0.25) is 4.79 Å². The number of rotatable bonds is 3. The molecule has 3 heterocycles. The Balaban J connectivity index is 1.72. The Bertz CT molecular complexity index is 1100. The molecular weight excluding hydrogens is 362 g/mol. The zero-order valence-corrected chi connectivity index (χ0v) is 14.6. The molecule has 0 aliphatic heterocycles. The molecule has 0 radical (unpaired) electrons. The first-order chi connectivity index (χ1) is 11.7. The zero-order chi connectivity index (χ0) is 16.5. The number of hydrogen-bond donors (Lipinski definition) is 1. The summed E-state index contributed by atoms with van der Waals surface area (Å²) in [5.41, 5.74) is 2.24. The first kappa shape index (κ1) is 15.3. The molecule has 0 unspecified atom stereocenters. The lowest BCUT2D eigenvalue weighted by molar-refractivity contribution is 1.13. The molecule has 7 heteroatoms. The van der Waals surface area contributed by atoms with Gasteiger partial charge in [0, 0.05) is 16.3 Å². The molecule has 3 aromatic heterocycles. The number of fused-ring (bicyclic) bond motifs is 1. The summed E-state index contributed by atoms with van der Waals surface area (Å²) in [5.74, 6) is 0.338. The molecule has 24 heavy (non-hydrogen) atoms. The fourth-order valence-corrected chi connectivity index (χ4v) is 3.96. The van der Waals surface area contributed by atoms with E-state index in [1.165, 1.54) is 0 Å². The highest BCUT2D eigenvalue weighted by atomic mass is 35.5. The molecule has 0 atom stereocenters. The summed E-state index contributed by atoms with van der Waals surface area (Å²) in [7, 11) is 0. The van der Waals surface area contributed by atoms with Crippen LogP contribution in [0, 0.1) is 0 Å². The number of thiazole rings is 1. The predicted molar refractivity (Wildman–Crippen MR) is 102 cm³/mol. The Morgan fingerprint density at radius 3 is 2.88 bits per heavy atom. The van der Waals surface area contributed by atoms with E-state index in [4.69, 9.17) is 11.6 Å². The number of halogens is 1. The molecule has 0 saturated heterocycles. The van der Waals surface area contributed by atoms with Gasteiger partial charge in [0.2, 0.25) is 0 Å². The molecular formula is C17H10ClN3OS2. The molecule has 0 amide bonds. The fourth-order valence-electron chi connectivity index (χ4n) is 2.27. The summed E-state index contributed by atoms with van der Waals surface area (Å²) in [6.45, 7) is 0.